The van der Waals surface area contributed by atoms with Crippen LogP contribution in [0.15, 0.2) is 35.1 Å². The summed E-state index contributed by atoms with van der Waals surface area (Å²) in [7, 11) is 1.75. The second-order valence-electron chi connectivity index (χ2n) is 5.12. The van der Waals surface area contributed by atoms with Crippen LogP contribution in [0.4, 0.5) is 0 Å². The number of hydrogen-bond acceptors (Lipinski definition) is 1. The third-order valence-electron chi connectivity index (χ3n) is 3.58. The van der Waals surface area contributed by atoms with Gasteiger partial charge in [-0.2, -0.15) is 0 Å². The summed E-state index contributed by atoms with van der Waals surface area (Å²) < 4.78 is 5.56. The van der Waals surface area contributed by atoms with Crippen molar-refractivity contribution in [1.82, 2.24) is 0 Å². The van der Waals surface area contributed by atoms with Crippen LogP contribution >= 0.6 is 0 Å². The minimum Gasteiger partial charge on any atom is -0.496 e. The maximum Gasteiger partial charge on any atom is 0.124 e. The molecule has 1 atom stereocenters. The first-order chi connectivity index (χ1) is 8.51. The molecule has 1 nitrogen and oxygen atoms in total. The predicted octanol–water partition coefficient (Wildman–Crippen LogP) is 5.65. The van der Waals surface area contributed by atoms with Gasteiger partial charge >= 0.3 is 0 Å². The average molecular weight is 250 g/mol. The Balaban J connectivity index is 5.35. The fourth-order valence-corrected chi connectivity index (χ4v) is 2.17. The van der Waals surface area contributed by atoms with Gasteiger partial charge in [-0.1, -0.05) is 51.8 Å². The maximum atomic E-state index is 5.56. The zero-order chi connectivity index (χ0) is 14.1. The normalized spacial score (nSPS) is 15.7. The average Bonchev–Trinajstić information content (AvgIpc) is 2.38. The largest absolute Gasteiger partial charge is 0.496 e. The lowest BCUT2D eigenvalue weighted by Crippen LogP contribution is -2.02. The van der Waals surface area contributed by atoms with Gasteiger partial charge in [-0.3, -0.25) is 0 Å². The van der Waals surface area contributed by atoms with Gasteiger partial charge in [-0.05, 0) is 43.8 Å². The molecule has 0 fully saturated rings. The molecule has 0 aliphatic heterocycles. The van der Waals surface area contributed by atoms with Crippen molar-refractivity contribution in [2.24, 2.45) is 5.92 Å². The van der Waals surface area contributed by atoms with Gasteiger partial charge in [-0.15, -0.1) is 0 Å². The van der Waals surface area contributed by atoms with Crippen LogP contribution in [-0.4, -0.2) is 7.11 Å². The number of rotatable bonds is 8. The van der Waals surface area contributed by atoms with Crippen molar-refractivity contribution in [2.75, 3.05) is 7.11 Å². The van der Waals surface area contributed by atoms with Crippen molar-refractivity contribution in [3.8, 4) is 0 Å². The maximum absolute atomic E-state index is 5.56. The van der Waals surface area contributed by atoms with Gasteiger partial charge in [-0.25, -0.2) is 0 Å². The molecule has 0 amide bonds. The van der Waals surface area contributed by atoms with Gasteiger partial charge in [0.2, 0.25) is 0 Å². The first-order valence-electron chi connectivity index (χ1n) is 7.07. The van der Waals surface area contributed by atoms with E-state index in [0.717, 1.165) is 23.7 Å². The first kappa shape index (κ1) is 17.0. The fraction of sp³-hybridized carbons (Fsp3) is 0.647. The zero-order valence-corrected chi connectivity index (χ0v) is 13.1. The van der Waals surface area contributed by atoms with E-state index in [0.29, 0.717) is 0 Å². The van der Waals surface area contributed by atoms with Crippen molar-refractivity contribution >= 4 is 0 Å². The quantitative estimate of drug-likeness (QED) is 0.400. The summed E-state index contributed by atoms with van der Waals surface area (Å²) in [6.07, 6.45) is 6.62. The Bertz CT molecular complexity index is 321. The lowest BCUT2D eigenvalue weighted by atomic mass is 9.91. The standard InChI is InChI=1S/C17H30O/c1-8-11-16(12-13(4)9-2)15(6)17(18-7)14(5)10-3/h10,13H,3,8-9,11-12H2,1-2,4-7H3/b16-15+,17-14+. The minimum atomic E-state index is 0.739. The number of hydrogen-bond donors (Lipinski definition) is 0. The molecule has 0 saturated carbocycles. The Morgan fingerprint density at radius 3 is 2.28 bits per heavy atom. The molecule has 104 valence electrons. The van der Waals surface area contributed by atoms with E-state index in [4.69, 9.17) is 4.74 Å². The Labute approximate surface area is 114 Å². The molecule has 1 unspecified atom stereocenters. The van der Waals surface area contributed by atoms with Crippen LogP contribution < -0.4 is 0 Å². The smallest absolute Gasteiger partial charge is 0.124 e. The molecule has 0 radical (unpaired) electrons. The molecule has 0 N–H and O–H groups in total. The topological polar surface area (TPSA) is 9.23 Å². The van der Waals surface area contributed by atoms with E-state index in [1.165, 1.54) is 30.4 Å². The zero-order valence-electron chi connectivity index (χ0n) is 13.1. The Kier molecular flexibility index (Phi) is 8.53. The number of ether oxygens (including phenoxy) is 1. The van der Waals surface area contributed by atoms with Gasteiger partial charge in [0, 0.05) is 0 Å². The van der Waals surface area contributed by atoms with Gasteiger partial charge in [0.1, 0.15) is 5.76 Å². The highest BCUT2D eigenvalue weighted by Crippen LogP contribution is 2.27. The summed E-state index contributed by atoms with van der Waals surface area (Å²) in [6, 6.07) is 0. The molecule has 0 saturated heterocycles. The summed E-state index contributed by atoms with van der Waals surface area (Å²) in [4.78, 5) is 0. The van der Waals surface area contributed by atoms with Crippen LogP contribution in [0.5, 0.6) is 0 Å². The van der Waals surface area contributed by atoms with Crippen molar-refractivity contribution in [2.45, 2.75) is 60.3 Å². The first-order valence-corrected chi connectivity index (χ1v) is 7.07. The molecular weight excluding hydrogens is 220 g/mol. The Morgan fingerprint density at radius 1 is 1.28 bits per heavy atom. The van der Waals surface area contributed by atoms with Crippen LogP contribution in [0.25, 0.3) is 0 Å². The van der Waals surface area contributed by atoms with Crippen molar-refractivity contribution < 1.29 is 4.74 Å². The van der Waals surface area contributed by atoms with Crippen LogP contribution in [0, 0.1) is 5.92 Å². The van der Waals surface area contributed by atoms with E-state index in [2.05, 4.69) is 41.2 Å². The molecule has 1 heteroatoms. The molecule has 0 aromatic heterocycles. The van der Waals surface area contributed by atoms with Crippen LogP contribution in [0.2, 0.25) is 0 Å². The fourth-order valence-electron chi connectivity index (χ4n) is 2.17. The molecule has 0 spiro atoms. The van der Waals surface area contributed by atoms with Gasteiger partial charge in [0.25, 0.3) is 0 Å². The van der Waals surface area contributed by atoms with E-state index < -0.39 is 0 Å². The third kappa shape index (κ3) is 5.12. The van der Waals surface area contributed by atoms with Crippen molar-refractivity contribution in [1.29, 1.82) is 0 Å². The van der Waals surface area contributed by atoms with E-state index >= 15 is 0 Å². The lowest BCUT2D eigenvalue weighted by Gasteiger charge is -2.18. The van der Waals surface area contributed by atoms with Gasteiger partial charge in [0.15, 0.2) is 0 Å². The van der Waals surface area contributed by atoms with Gasteiger partial charge in [0.05, 0.1) is 7.11 Å². The predicted molar refractivity (Wildman–Crippen MR) is 81.6 cm³/mol. The second kappa shape index (κ2) is 9.02. The van der Waals surface area contributed by atoms with Crippen LogP contribution in [0.1, 0.15) is 60.3 Å². The monoisotopic (exact) mass is 250 g/mol. The minimum absolute atomic E-state index is 0.739. The van der Waals surface area contributed by atoms with E-state index in [1.54, 1.807) is 7.11 Å². The molecule has 18 heavy (non-hydrogen) atoms. The van der Waals surface area contributed by atoms with Crippen molar-refractivity contribution in [3.63, 3.8) is 0 Å². The SMILES string of the molecule is C=C/C(C)=C(OC)\C(C)=C(/CCC)CC(C)CC. The molecule has 0 bridgehead atoms. The second-order valence-corrected chi connectivity index (χ2v) is 5.12. The number of allylic oxidation sites excluding steroid dienone is 4. The van der Waals surface area contributed by atoms with E-state index in [1.807, 2.05) is 6.08 Å². The highest BCUT2D eigenvalue weighted by atomic mass is 16.5. The molecular formula is C17H30O. The highest BCUT2D eigenvalue weighted by molar-refractivity contribution is 5.36. The summed E-state index contributed by atoms with van der Waals surface area (Å²) >= 11 is 0. The number of methoxy groups -OCH3 is 1. The van der Waals surface area contributed by atoms with E-state index in [-0.39, 0.29) is 0 Å². The van der Waals surface area contributed by atoms with Crippen molar-refractivity contribution in [3.05, 3.63) is 35.1 Å². The molecule has 0 aliphatic rings. The molecule has 0 aliphatic carbocycles. The lowest BCUT2D eigenvalue weighted by molar-refractivity contribution is 0.296. The molecule has 0 aromatic carbocycles. The van der Waals surface area contributed by atoms with E-state index in [9.17, 15) is 0 Å². The molecule has 0 rings (SSSR count). The summed E-state index contributed by atoms with van der Waals surface area (Å²) in [5.41, 5.74) is 3.95. The molecule has 0 aromatic rings. The highest BCUT2D eigenvalue weighted by Gasteiger charge is 2.12. The van der Waals surface area contributed by atoms with Crippen LogP contribution in [-0.2, 0) is 4.74 Å². The van der Waals surface area contributed by atoms with Crippen LogP contribution in [0.3, 0.4) is 0 Å². The summed E-state index contributed by atoms with van der Waals surface area (Å²) in [5, 5.41) is 0. The third-order valence-corrected chi connectivity index (χ3v) is 3.58. The summed E-state index contributed by atoms with van der Waals surface area (Å²) in [6.45, 7) is 14.9. The summed E-state index contributed by atoms with van der Waals surface area (Å²) in [5.74, 6) is 1.74. The Hall–Kier alpha value is -0.980. The molecule has 0 heterocycles. The Morgan fingerprint density at radius 2 is 1.89 bits per heavy atom. The van der Waals surface area contributed by atoms with Gasteiger partial charge < -0.3 is 4.74 Å².